The summed E-state index contributed by atoms with van der Waals surface area (Å²) in [4.78, 5) is 17.1. The monoisotopic (exact) mass is 342 g/mol. The molecular weight excluding hydrogens is 324 g/mol. The van der Waals surface area contributed by atoms with Gasteiger partial charge >= 0.3 is 0 Å². The molecule has 0 unspecified atom stereocenters. The maximum Gasteiger partial charge on any atom is 0.261 e. The van der Waals surface area contributed by atoms with Crippen LogP contribution in [0.4, 0.5) is 5.69 Å². The van der Waals surface area contributed by atoms with Crippen LogP contribution in [0.2, 0.25) is 0 Å². The highest BCUT2D eigenvalue weighted by Gasteiger charge is 2.15. The highest BCUT2D eigenvalue weighted by atomic mass is 16.1. The molecule has 2 heterocycles. The summed E-state index contributed by atoms with van der Waals surface area (Å²) in [6.07, 6.45) is 1.56. The molecular formula is C21H18N4O. The molecule has 0 atom stereocenters. The maximum absolute atomic E-state index is 12.7. The van der Waals surface area contributed by atoms with Crippen molar-refractivity contribution in [2.75, 3.05) is 5.32 Å². The molecule has 0 aliphatic rings. The second-order valence-corrected chi connectivity index (χ2v) is 6.23. The van der Waals surface area contributed by atoms with Crippen molar-refractivity contribution in [3.63, 3.8) is 0 Å². The van der Waals surface area contributed by atoms with Gasteiger partial charge in [-0.25, -0.2) is 9.50 Å². The van der Waals surface area contributed by atoms with Crippen LogP contribution in [0, 0.1) is 13.8 Å². The predicted octanol–water partition coefficient (Wildman–Crippen LogP) is 4.27. The van der Waals surface area contributed by atoms with Crippen molar-refractivity contribution >= 4 is 17.2 Å². The second-order valence-electron chi connectivity index (χ2n) is 6.23. The fourth-order valence-electron chi connectivity index (χ4n) is 3.01. The standard InChI is InChI=1S/C21H18N4O/c1-14-12-15(2)25-20(23-14)19(13-22-25)21(26)24-18-10-8-17(9-11-18)16-6-4-3-5-7-16/h3-13H,1-2H3,(H,24,26). The number of aromatic nitrogens is 3. The molecule has 5 heteroatoms. The first-order chi connectivity index (χ1) is 12.6. The Labute approximate surface area is 151 Å². The van der Waals surface area contributed by atoms with E-state index < -0.39 is 0 Å². The molecule has 0 radical (unpaired) electrons. The Morgan fingerprint density at radius 3 is 2.38 bits per heavy atom. The number of carbonyl (C=O) groups excluding carboxylic acids is 1. The summed E-state index contributed by atoms with van der Waals surface area (Å²) >= 11 is 0. The van der Waals surface area contributed by atoms with Crippen LogP contribution < -0.4 is 5.32 Å². The number of hydrogen-bond acceptors (Lipinski definition) is 3. The first kappa shape index (κ1) is 16.0. The van der Waals surface area contributed by atoms with E-state index in [0.717, 1.165) is 28.2 Å². The van der Waals surface area contributed by atoms with Gasteiger partial charge in [-0.3, -0.25) is 4.79 Å². The molecule has 26 heavy (non-hydrogen) atoms. The van der Waals surface area contributed by atoms with Gasteiger partial charge in [-0.2, -0.15) is 5.10 Å². The van der Waals surface area contributed by atoms with Gasteiger partial charge in [-0.1, -0.05) is 42.5 Å². The van der Waals surface area contributed by atoms with E-state index in [4.69, 9.17) is 0 Å². The van der Waals surface area contributed by atoms with Crippen molar-refractivity contribution in [1.29, 1.82) is 0 Å². The van der Waals surface area contributed by atoms with E-state index in [1.54, 1.807) is 10.7 Å². The van der Waals surface area contributed by atoms with Gasteiger partial charge in [-0.15, -0.1) is 0 Å². The van der Waals surface area contributed by atoms with Gasteiger partial charge in [0.2, 0.25) is 0 Å². The highest BCUT2D eigenvalue weighted by molar-refractivity contribution is 6.08. The van der Waals surface area contributed by atoms with Crippen molar-refractivity contribution in [2.24, 2.45) is 0 Å². The van der Waals surface area contributed by atoms with E-state index in [1.165, 1.54) is 0 Å². The Morgan fingerprint density at radius 1 is 0.962 bits per heavy atom. The summed E-state index contributed by atoms with van der Waals surface area (Å²) in [7, 11) is 0. The van der Waals surface area contributed by atoms with Crippen LogP contribution >= 0.6 is 0 Å². The zero-order valence-electron chi connectivity index (χ0n) is 14.6. The molecule has 0 saturated heterocycles. The molecule has 0 aliphatic heterocycles. The molecule has 128 valence electrons. The van der Waals surface area contributed by atoms with Crippen LogP contribution in [0.1, 0.15) is 21.7 Å². The fraction of sp³-hybridized carbons (Fsp3) is 0.0952. The summed E-state index contributed by atoms with van der Waals surface area (Å²) in [5, 5.41) is 7.19. The molecule has 4 aromatic rings. The Bertz CT molecular complexity index is 1080. The largest absolute Gasteiger partial charge is 0.322 e. The van der Waals surface area contributed by atoms with Gasteiger partial charge in [0.25, 0.3) is 5.91 Å². The van der Waals surface area contributed by atoms with Crippen molar-refractivity contribution in [2.45, 2.75) is 13.8 Å². The summed E-state index contributed by atoms with van der Waals surface area (Å²) in [5.41, 5.74) is 5.81. The third kappa shape index (κ3) is 2.95. The predicted molar refractivity (Wildman–Crippen MR) is 102 cm³/mol. The van der Waals surface area contributed by atoms with E-state index in [0.29, 0.717) is 11.2 Å². The lowest BCUT2D eigenvalue weighted by Gasteiger charge is -2.07. The molecule has 0 saturated carbocycles. The number of rotatable bonds is 3. The van der Waals surface area contributed by atoms with Gasteiger partial charge in [-0.05, 0) is 43.2 Å². The van der Waals surface area contributed by atoms with Gasteiger partial charge in [0.15, 0.2) is 5.65 Å². The minimum absolute atomic E-state index is 0.218. The Morgan fingerprint density at radius 2 is 1.65 bits per heavy atom. The van der Waals surface area contributed by atoms with Crippen LogP contribution in [0.3, 0.4) is 0 Å². The smallest absolute Gasteiger partial charge is 0.261 e. The van der Waals surface area contributed by atoms with Crippen molar-refractivity contribution in [3.8, 4) is 11.1 Å². The molecule has 4 rings (SSSR count). The molecule has 2 aromatic heterocycles. The number of nitrogens with zero attached hydrogens (tertiary/aromatic N) is 3. The Kier molecular flexibility index (Phi) is 3.97. The van der Waals surface area contributed by atoms with Crippen LogP contribution in [-0.2, 0) is 0 Å². The first-order valence-corrected chi connectivity index (χ1v) is 8.40. The highest BCUT2D eigenvalue weighted by Crippen LogP contribution is 2.21. The number of fused-ring (bicyclic) bond motifs is 1. The van der Waals surface area contributed by atoms with Gasteiger partial charge in [0.1, 0.15) is 5.56 Å². The Hall–Kier alpha value is -3.47. The minimum Gasteiger partial charge on any atom is -0.322 e. The first-order valence-electron chi connectivity index (χ1n) is 8.40. The Balaban J connectivity index is 1.59. The van der Waals surface area contributed by atoms with Gasteiger partial charge in [0.05, 0.1) is 6.20 Å². The topological polar surface area (TPSA) is 59.3 Å². The zero-order valence-corrected chi connectivity index (χ0v) is 14.6. The molecule has 1 N–H and O–H groups in total. The molecule has 0 bridgehead atoms. The third-order valence-electron chi connectivity index (χ3n) is 4.27. The van der Waals surface area contributed by atoms with E-state index in [2.05, 4.69) is 27.5 Å². The molecule has 0 spiro atoms. The summed E-state index contributed by atoms with van der Waals surface area (Å²) < 4.78 is 1.68. The van der Waals surface area contributed by atoms with Crippen molar-refractivity contribution in [3.05, 3.63) is 83.8 Å². The van der Waals surface area contributed by atoms with Crippen molar-refractivity contribution in [1.82, 2.24) is 14.6 Å². The van der Waals surface area contributed by atoms with Gasteiger partial charge in [0, 0.05) is 17.1 Å². The summed E-state index contributed by atoms with van der Waals surface area (Å²) in [6, 6.07) is 19.8. The number of nitrogens with one attached hydrogen (secondary N) is 1. The maximum atomic E-state index is 12.7. The van der Waals surface area contributed by atoms with Gasteiger partial charge < -0.3 is 5.32 Å². The molecule has 5 nitrogen and oxygen atoms in total. The number of carbonyl (C=O) groups is 1. The normalized spacial score (nSPS) is 10.8. The van der Waals surface area contributed by atoms with Crippen LogP contribution in [0.25, 0.3) is 16.8 Å². The minimum atomic E-state index is -0.218. The zero-order chi connectivity index (χ0) is 18.1. The fourth-order valence-corrected chi connectivity index (χ4v) is 3.01. The number of hydrogen-bond donors (Lipinski definition) is 1. The number of amides is 1. The average molecular weight is 342 g/mol. The van der Waals surface area contributed by atoms with Crippen LogP contribution in [0.15, 0.2) is 66.9 Å². The summed E-state index contributed by atoms with van der Waals surface area (Å²) in [6.45, 7) is 3.85. The molecule has 2 aromatic carbocycles. The SMILES string of the molecule is Cc1cc(C)n2ncc(C(=O)Nc3ccc(-c4ccccc4)cc3)c2n1. The van der Waals surface area contributed by atoms with E-state index in [-0.39, 0.29) is 5.91 Å². The molecule has 1 amide bonds. The summed E-state index contributed by atoms with van der Waals surface area (Å²) in [5.74, 6) is -0.218. The van der Waals surface area contributed by atoms with E-state index in [9.17, 15) is 4.79 Å². The third-order valence-corrected chi connectivity index (χ3v) is 4.27. The van der Waals surface area contributed by atoms with Crippen molar-refractivity contribution < 1.29 is 4.79 Å². The lowest BCUT2D eigenvalue weighted by molar-refractivity contribution is 0.102. The lowest BCUT2D eigenvalue weighted by Crippen LogP contribution is -2.12. The van der Waals surface area contributed by atoms with Crippen LogP contribution in [-0.4, -0.2) is 20.5 Å². The number of anilines is 1. The number of aryl methyl sites for hydroxylation is 2. The quantitative estimate of drug-likeness (QED) is 0.605. The lowest BCUT2D eigenvalue weighted by atomic mass is 10.1. The van der Waals surface area contributed by atoms with E-state index >= 15 is 0 Å². The molecule has 0 aliphatic carbocycles. The van der Waals surface area contributed by atoms with Crippen LogP contribution in [0.5, 0.6) is 0 Å². The second kappa shape index (κ2) is 6.44. The average Bonchev–Trinajstić information content (AvgIpc) is 3.07. The van der Waals surface area contributed by atoms with E-state index in [1.807, 2.05) is 62.4 Å². The molecule has 0 fully saturated rings. The number of benzene rings is 2.